The van der Waals surface area contributed by atoms with Crippen LogP contribution in [-0.4, -0.2) is 26.4 Å². The third kappa shape index (κ3) is 3.42. The van der Waals surface area contributed by atoms with Crippen molar-refractivity contribution in [3.8, 4) is 0 Å². The zero-order valence-corrected chi connectivity index (χ0v) is 17.0. The van der Waals surface area contributed by atoms with Crippen LogP contribution in [0.1, 0.15) is 58.6 Å². The van der Waals surface area contributed by atoms with E-state index < -0.39 is 11.4 Å². The Morgan fingerprint density at radius 1 is 1.23 bits per heavy atom. The minimum absolute atomic E-state index is 0.0591. The van der Waals surface area contributed by atoms with E-state index in [4.69, 9.17) is 5.73 Å². The van der Waals surface area contributed by atoms with Crippen LogP contribution in [0.3, 0.4) is 0 Å². The molecule has 2 amide bonds. The predicted molar refractivity (Wildman–Crippen MR) is 109 cm³/mol. The van der Waals surface area contributed by atoms with Gasteiger partial charge in [-0.05, 0) is 62.8 Å². The van der Waals surface area contributed by atoms with Crippen molar-refractivity contribution in [3.63, 3.8) is 0 Å². The first kappa shape index (κ1) is 20.0. The normalized spacial score (nSPS) is 15.0. The lowest BCUT2D eigenvalue weighted by Gasteiger charge is -2.43. The molecule has 0 spiro atoms. The van der Waals surface area contributed by atoms with Gasteiger partial charge in [0, 0.05) is 17.8 Å². The fourth-order valence-electron chi connectivity index (χ4n) is 4.20. The Labute approximate surface area is 173 Å². The lowest BCUT2D eigenvalue weighted by Crippen LogP contribution is -2.50. The lowest BCUT2D eigenvalue weighted by molar-refractivity contribution is -0.124. The summed E-state index contributed by atoms with van der Waals surface area (Å²) in [6, 6.07) is 6.35. The highest BCUT2D eigenvalue weighted by atomic mass is 19.1. The highest BCUT2D eigenvalue weighted by Crippen LogP contribution is 2.41. The maximum absolute atomic E-state index is 13.3. The fourth-order valence-corrected chi connectivity index (χ4v) is 4.20. The van der Waals surface area contributed by atoms with E-state index in [2.05, 4.69) is 15.4 Å². The summed E-state index contributed by atoms with van der Waals surface area (Å²) >= 11 is 0. The minimum Gasteiger partial charge on any atom is -0.365 e. The van der Waals surface area contributed by atoms with Crippen LogP contribution in [0.4, 0.5) is 4.39 Å². The van der Waals surface area contributed by atoms with Gasteiger partial charge in [-0.1, -0.05) is 12.1 Å². The van der Waals surface area contributed by atoms with E-state index in [1.54, 1.807) is 16.6 Å². The van der Waals surface area contributed by atoms with E-state index in [9.17, 15) is 14.0 Å². The molecular formula is C22H24FN5O2. The molecule has 1 fully saturated rings. The number of aryl methyl sites for hydroxylation is 2. The van der Waals surface area contributed by atoms with Crippen LogP contribution in [0.25, 0.3) is 5.65 Å². The van der Waals surface area contributed by atoms with Crippen molar-refractivity contribution in [2.75, 3.05) is 0 Å². The Morgan fingerprint density at radius 2 is 1.93 bits per heavy atom. The quantitative estimate of drug-likeness (QED) is 0.653. The van der Waals surface area contributed by atoms with Gasteiger partial charge in [0.1, 0.15) is 11.4 Å². The number of rotatable bonds is 6. The molecule has 1 aliphatic carbocycles. The van der Waals surface area contributed by atoms with Crippen molar-refractivity contribution in [2.24, 2.45) is 5.73 Å². The molecule has 0 saturated heterocycles. The molecule has 7 nitrogen and oxygen atoms in total. The average Bonchev–Trinajstić information content (AvgIpc) is 3.09. The van der Waals surface area contributed by atoms with Gasteiger partial charge in [0.2, 0.25) is 5.91 Å². The number of nitrogens with two attached hydrogens (primary N) is 1. The summed E-state index contributed by atoms with van der Waals surface area (Å²) in [5, 5.41) is 7.38. The van der Waals surface area contributed by atoms with Crippen molar-refractivity contribution in [1.29, 1.82) is 0 Å². The number of fused-ring (bicyclic) bond motifs is 1. The minimum atomic E-state index is -0.574. The number of nitrogens with one attached hydrogen (secondary N) is 1. The van der Waals surface area contributed by atoms with Crippen molar-refractivity contribution in [3.05, 3.63) is 64.4 Å². The van der Waals surface area contributed by atoms with Crippen LogP contribution in [0.2, 0.25) is 0 Å². The Bertz CT molecular complexity index is 1130. The number of carbonyl (C=O) groups is 2. The van der Waals surface area contributed by atoms with E-state index >= 15 is 0 Å². The molecule has 4 rings (SSSR count). The predicted octanol–water partition coefficient (Wildman–Crippen LogP) is 2.71. The van der Waals surface area contributed by atoms with E-state index in [-0.39, 0.29) is 17.3 Å². The Hall–Kier alpha value is -3.29. The molecule has 0 atom stereocenters. The molecule has 2 aromatic heterocycles. The summed E-state index contributed by atoms with van der Waals surface area (Å²) in [7, 11) is 0. The summed E-state index contributed by atoms with van der Waals surface area (Å²) in [5.74, 6) is -0.919. The first-order chi connectivity index (χ1) is 14.3. The first-order valence-corrected chi connectivity index (χ1v) is 10.0. The molecule has 3 N–H and O–H groups in total. The summed E-state index contributed by atoms with van der Waals surface area (Å²) in [6.07, 6.45) is 4.92. The molecule has 8 heteroatoms. The number of primary amides is 1. The highest BCUT2D eigenvalue weighted by Gasteiger charge is 2.39. The molecule has 1 aliphatic rings. The van der Waals surface area contributed by atoms with Gasteiger partial charge < -0.3 is 11.1 Å². The molecule has 30 heavy (non-hydrogen) atoms. The first-order valence-electron chi connectivity index (χ1n) is 10.0. The van der Waals surface area contributed by atoms with Crippen LogP contribution in [0, 0.1) is 19.7 Å². The molecule has 0 bridgehead atoms. The van der Waals surface area contributed by atoms with E-state index in [0.29, 0.717) is 18.5 Å². The molecule has 0 aliphatic heterocycles. The van der Waals surface area contributed by atoms with Gasteiger partial charge >= 0.3 is 0 Å². The fraction of sp³-hybridized carbons (Fsp3) is 0.364. The molecule has 1 aromatic carbocycles. The van der Waals surface area contributed by atoms with Crippen molar-refractivity contribution in [1.82, 2.24) is 19.9 Å². The van der Waals surface area contributed by atoms with Crippen molar-refractivity contribution >= 4 is 17.5 Å². The van der Waals surface area contributed by atoms with Crippen LogP contribution < -0.4 is 11.1 Å². The summed E-state index contributed by atoms with van der Waals surface area (Å²) in [4.78, 5) is 28.8. The Morgan fingerprint density at radius 3 is 2.53 bits per heavy atom. The number of halogens is 1. The number of hydrogen-bond acceptors (Lipinski definition) is 4. The van der Waals surface area contributed by atoms with E-state index in [0.717, 1.165) is 41.8 Å². The molecule has 0 unspecified atom stereocenters. The molecule has 1 saturated carbocycles. The van der Waals surface area contributed by atoms with E-state index in [1.165, 1.54) is 18.3 Å². The van der Waals surface area contributed by atoms with Gasteiger partial charge in [-0.3, -0.25) is 9.59 Å². The highest BCUT2D eigenvalue weighted by molar-refractivity contribution is 5.98. The number of hydrogen-bond donors (Lipinski definition) is 2. The van der Waals surface area contributed by atoms with Crippen LogP contribution in [0.15, 0.2) is 30.5 Å². The van der Waals surface area contributed by atoms with Gasteiger partial charge in [0.15, 0.2) is 5.65 Å². The average molecular weight is 409 g/mol. The van der Waals surface area contributed by atoms with Crippen LogP contribution in [0.5, 0.6) is 0 Å². The van der Waals surface area contributed by atoms with Gasteiger partial charge in [-0.2, -0.15) is 5.10 Å². The third-order valence-corrected chi connectivity index (χ3v) is 6.06. The second kappa shape index (κ2) is 7.51. The summed E-state index contributed by atoms with van der Waals surface area (Å²) in [5.41, 5.74) is 9.11. The zero-order valence-electron chi connectivity index (χ0n) is 17.0. The monoisotopic (exact) mass is 409 g/mol. The molecule has 2 heterocycles. The van der Waals surface area contributed by atoms with Crippen LogP contribution in [-0.2, 0) is 16.8 Å². The number of aromatic nitrogens is 3. The van der Waals surface area contributed by atoms with Crippen molar-refractivity contribution in [2.45, 2.75) is 51.5 Å². The second-order valence-corrected chi connectivity index (χ2v) is 7.91. The standard InChI is InChI=1S/C22H24FN5O2/c1-13-17(14(2)28-21(26-13)18(12-25-28)20(24)30)8-9-19(29)27-22(10-3-11-22)15-4-6-16(23)7-5-15/h4-7,12H,3,8-11H2,1-2H3,(H2,24,30)(H,27,29). The number of nitrogens with zero attached hydrogens (tertiary/aromatic N) is 3. The number of amides is 2. The van der Waals surface area contributed by atoms with Gasteiger partial charge in [0.25, 0.3) is 5.91 Å². The van der Waals surface area contributed by atoms with Gasteiger partial charge in [0.05, 0.1) is 11.7 Å². The Kier molecular flexibility index (Phi) is 5.01. The third-order valence-electron chi connectivity index (χ3n) is 6.06. The largest absolute Gasteiger partial charge is 0.365 e. The van der Waals surface area contributed by atoms with Gasteiger partial charge in [-0.25, -0.2) is 13.9 Å². The Balaban J connectivity index is 1.50. The molecule has 0 radical (unpaired) electrons. The summed E-state index contributed by atoms with van der Waals surface area (Å²) in [6.45, 7) is 3.74. The number of benzene rings is 1. The van der Waals surface area contributed by atoms with Crippen LogP contribution >= 0.6 is 0 Å². The maximum Gasteiger partial charge on any atom is 0.254 e. The van der Waals surface area contributed by atoms with Gasteiger partial charge in [-0.15, -0.1) is 0 Å². The van der Waals surface area contributed by atoms with Crippen molar-refractivity contribution < 1.29 is 14.0 Å². The SMILES string of the molecule is Cc1nc2c(C(N)=O)cnn2c(C)c1CCC(=O)NC1(c2ccc(F)cc2)CCC1. The molecule has 3 aromatic rings. The maximum atomic E-state index is 13.3. The zero-order chi connectivity index (χ0) is 21.5. The lowest BCUT2D eigenvalue weighted by atomic mass is 9.71. The topological polar surface area (TPSA) is 102 Å². The molecule has 156 valence electrons. The summed E-state index contributed by atoms with van der Waals surface area (Å²) < 4.78 is 14.9. The smallest absolute Gasteiger partial charge is 0.254 e. The number of carbonyl (C=O) groups excluding carboxylic acids is 2. The van der Waals surface area contributed by atoms with E-state index in [1.807, 2.05) is 13.8 Å². The molecular weight excluding hydrogens is 385 g/mol. The second-order valence-electron chi connectivity index (χ2n) is 7.91.